The molecule has 0 radical (unpaired) electrons. The van der Waals surface area contributed by atoms with Crippen LogP contribution >= 0.6 is 11.8 Å². The Morgan fingerprint density at radius 3 is 2.30 bits per heavy atom. The van der Waals surface area contributed by atoms with Crippen LogP contribution in [0.5, 0.6) is 0 Å². The Kier molecular flexibility index (Phi) is 4.91. The minimum absolute atomic E-state index is 0.0798. The van der Waals surface area contributed by atoms with E-state index in [1.54, 1.807) is 11.8 Å². The highest BCUT2D eigenvalue weighted by Gasteiger charge is 2.26. The van der Waals surface area contributed by atoms with Gasteiger partial charge in [0.2, 0.25) is 0 Å². The van der Waals surface area contributed by atoms with E-state index in [2.05, 4.69) is 67.3 Å². The normalized spacial score (nSPS) is 17.9. The van der Waals surface area contributed by atoms with E-state index in [0.717, 1.165) is 18.0 Å². The molecule has 1 unspecified atom stereocenters. The van der Waals surface area contributed by atoms with E-state index >= 15 is 0 Å². The van der Waals surface area contributed by atoms with Crippen LogP contribution in [0, 0.1) is 13.8 Å². The number of thioether (sulfide) groups is 1. The molecule has 1 aliphatic rings. The van der Waals surface area contributed by atoms with Crippen LogP contribution < -0.4 is 4.90 Å². The zero-order valence-electron chi connectivity index (χ0n) is 13.5. The molecular formula is C19H21NO2S. The molecule has 0 aromatic heterocycles. The summed E-state index contributed by atoms with van der Waals surface area (Å²) in [7, 11) is 0. The standard InChI is InChI=1S/C19H21NO2S/c1-14-3-7-16(8-4-14)20-11-17(22-19(21)12-20)13-23-18-9-5-15(2)6-10-18/h3-10,17H,11-13H2,1-2H3. The number of carbonyl (C=O) groups excluding carboxylic acids is 1. The number of esters is 1. The van der Waals surface area contributed by atoms with Crippen molar-refractivity contribution in [2.75, 3.05) is 23.7 Å². The van der Waals surface area contributed by atoms with Gasteiger partial charge in [-0.25, -0.2) is 0 Å². The fourth-order valence-corrected chi connectivity index (χ4v) is 3.47. The zero-order valence-corrected chi connectivity index (χ0v) is 14.3. The molecule has 23 heavy (non-hydrogen) atoms. The molecule has 3 rings (SSSR count). The summed E-state index contributed by atoms with van der Waals surface area (Å²) in [6.07, 6.45) is -0.0798. The maximum atomic E-state index is 11.9. The lowest BCUT2D eigenvalue weighted by Crippen LogP contribution is -2.46. The monoisotopic (exact) mass is 327 g/mol. The number of hydrogen-bond donors (Lipinski definition) is 0. The average Bonchev–Trinajstić information content (AvgIpc) is 2.54. The maximum Gasteiger partial charge on any atom is 0.325 e. The molecule has 0 bridgehead atoms. The van der Waals surface area contributed by atoms with Crippen molar-refractivity contribution in [1.82, 2.24) is 0 Å². The van der Waals surface area contributed by atoms with Crippen LogP contribution in [0.1, 0.15) is 11.1 Å². The van der Waals surface area contributed by atoms with Crippen LogP contribution in [0.4, 0.5) is 5.69 Å². The topological polar surface area (TPSA) is 29.5 Å². The summed E-state index contributed by atoms with van der Waals surface area (Å²) in [4.78, 5) is 15.2. The van der Waals surface area contributed by atoms with E-state index in [9.17, 15) is 4.79 Å². The number of anilines is 1. The van der Waals surface area contributed by atoms with E-state index in [0.29, 0.717) is 6.54 Å². The quantitative estimate of drug-likeness (QED) is 0.630. The van der Waals surface area contributed by atoms with E-state index in [1.807, 2.05) is 0 Å². The van der Waals surface area contributed by atoms with Crippen molar-refractivity contribution in [3.8, 4) is 0 Å². The molecule has 2 aromatic rings. The van der Waals surface area contributed by atoms with Crippen molar-refractivity contribution in [3.05, 3.63) is 59.7 Å². The number of aryl methyl sites for hydroxylation is 2. The lowest BCUT2D eigenvalue weighted by Gasteiger charge is -2.33. The molecule has 0 spiro atoms. The molecule has 1 saturated heterocycles. The number of rotatable bonds is 4. The van der Waals surface area contributed by atoms with Gasteiger partial charge in [-0.3, -0.25) is 4.79 Å². The number of benzene rings is 2. The smallest absolute Gasteiger partial charge is 0.325 e. The molecular weight excluding hydrogens is 306 g/mol. The van der Waals surface area contributed by atoms with Gasteiger partial charge in [0.05, 0.1) is 6.54 Å². The summed E-state index contributed by atoms with van der Waals surface area (Å²) in [5.74, 6) is 0.628. The fraction of sp³-hybridized carbons (Fsp3) is 0.316. The molecule has 1 aliphatic heterocycles. The first kappa shape index (κ1) is 15.9. The lowest BCUT2D eigenvalue weighted by atomic mass is 10.2. The van der Waals surface area contributed by atoms with E-state index in [-0.39, 0.29) is 12.1 Å². The van der Waals surface area contributed by atoms with Crippen LogP contribution in [0.2, 0.25) is 0 Å². The number of hydrogen-bond acceptors (Lipinski definition) is 4. The molecule has 1 heterocycles. The number of nitrogens with zero attached hydrogens (tertiary/aromatic N) is 1. The molecule has 0 saturated carbocycles. The third-order valence-corrected chi connectivity index (χ3v) is 5.04. The van der Waals surface area contributed by atoms with Crippen molar-refractivity contribution >= 4 is 23.4 Å². The molecule has 4 heteroatoms. The van der Waals surface area contributed by atoms with Gasteiger partial charge in [-0.15, -0.1) is 11.8 Å². The number of morpholine rings is 1. The Labute approximate surface area is 141 Å². The van der Waals surface area contributed by atoms with Gasteiger partial charge in [0, 0.05) is 16.3 Å². The second kappa shape index (κ2) is 7.09. The molecule has 120 valence electrons. The molecule has 1 atom stereocenters. The van der Waals surface area contributed by atoms with Gasteiger partial charge in [0.15, 0.2) is 0 Å². The number of cyclic esters (lactones) is 1. The summed E-state index contributed by atoms with van der Waals surface area (Å²) >= 11 is 1.73. The van der Waals surface area contributed by atoms with E-state index in [4.69, 9.17) is 4.74 Å². The van der Waals surface area contributed by atoms with Gasteiger partial charge in [-0.05, 0) is 38.1 Å². The van der Waals surface area contributed by atoms with E-state index < -0.39 is 0 Å². The summed E-state index contributed by atoms with van der Waals surface area (Å²) in [5.41, 5.74) is 3.56. The highest BCUT2D eigenvalue weighted by molar-refractivity contribution is 7.99. The van der Waals surface area contributed by atoms with Crippen LogP contribution in [-0.2, 0) is 9.53 Å². The molecule has 0 aliphatic carbocycles. The Morgan fingerprint density at radius 2 is 1.65 bits per heavy atom. The average molecular weight is 327 g/mol. The first-order chi connectivity index (χ1) is 11.1. The van der Waals surface area contributed by atoms with Crippen molar-refractivity contribution in [2.45, 2.75) is 24.8 Å². The molecule has 0 amide bonds. The van der Waals surface area contributed by atoms with Crippen LogP contribution in [0.3, 0.4) is 0 Å². The first-order valence-corrected chi connectivity index (χ1v) is 8.79. The molecule has 1 fully saturated rings. The second-order valence-corrected chi connectivity index (χ2v) is 7.05. The highest BCUT2D eigenvalue weighted by atomic mass is 32.2. The van der Waals surface area contributed by atoms with Gasteiger partial charge in [0.1, 0.15) is 12.6 Å². The third kappa shape index (κ3) is 4.29. The van der Waals surface area contributed by atoms with Gasteiger partial charge in [0.25, 0.3) is 0 Å². The SMILES string of the molecule is Cc1ccc(SCC2CN(c3ccc(C)cc3)CC(=O)O2)cc1. The Balaban J connectivity index is 1.62. The Hall–Kier alpha value is -1.94. The maximum absolute atomic E-state index is 11.9. The largest absolute Gasteiger partial charge is 0.458 e. The van der Waals surface area contributed by atoms with Crippen molar-refractivity contribution in [3.63, 3.8) is 0 Å². The van der Waals surface area contributed by atoms with Crippen molar-refractivity contribution in [1.29, 1.82) is 0 Å². The molecule has 0 N–H and O–H groups in total. The van der Waals surface area contributed by atoms with Gasteiger partial charge in [-0.2, -0.15) is 0 Å². The number of carbonyl (C=O) groups is 1. The minimum Gasteiger partial charge on any atom is -0.458 e. The van der Waals surface area contributed by atoms with E-state index in [1.165, 1.54) is 16.0 Å². The first-order valence-electron chi connectivity index (χ1n) is 7.81. The zero-order chi connectivity index (χ0) is 16.2. The van der Waals surface area contributed by atoms with Gasteiger partial charge in [-0.1, -0.05) is 35.4 Å². The summed E-state index contributed by atoms with van der Waals surface area (Å²) in [5, 5.41) is 0. The lowest BCUT2D eigenvalue weighted by molar-refractivity contribution is -0.148. The summed E-state index contributed by atoms with van der Waals surface area (Å²) in [6, 6.07) is 16.7. The van der Waals surface area contributed by atoms with Crippen molar-refractivity contribution in [2.24, 2.45) is 0 Å². The minimum atomic E-state index is -0.147. The van der Waals surface area contributed by atoms with Crippen molar-refractivity contribution < 1.29 is 9.53 Å². The molecule has 2 aromatic carbocycles. The van der Waals surface area contributed by atoms with Crippen LogP contribution in [0.25, 0.3) is 0 Å². The number of ether oxygens (including phenoxy) is 1. The fourth-order valence-electron chi connectivity index (χ4n) is 2.59. The van der Waals surface area contributed by atoms with Gasteiger partial charge < -0.3 is 9.64 Å². The highest BCUT2D eigenvalue weighted by Crippen LogP contribution is 2.24. The molecule has 3 nitrogen and oxygen atoms in total. The predicted octanol–water partition coefficient (Wildman–Crippen LogP) is 3.83. The van der Waals surface area contributed by atoms with Crippen LogP contribution in [0.15, 0.2) is 53.4 Å². The third-order valence-electron chi connectivity index (χ3n) is 3.90. The summed E-state index contributed by atoms with van der Waals surface area (Å²) in [6.45, 7) is 5.22. The van der Waals surface area contributed by atoms with Gasteiger partial charge >= 0.3 is 5.97 Å². The Bertz CT molecular complexity index is 667. The van der Waals surface area contributed by atoms with Crippen LogP contribution in [-0.4, -0.2) is 30.9 Å². The predicted molar refractivity (Wildman–Crippen MR) is 95.2 cm³/mol. The summed E-state index contributed by atoms with van der Waals surface area (Å²) < 4.78 is 5.51. The second-order valence-electron chi connectivity index (χ2n) is 5.95. The Morgan fingerprint density at radius 1 is 1.04 bits per heavy atom.